The van der Waals surface area contributed by atoms with Crippen LogP contribution in [0.4, 0.5) is 4.39 Å². The number of pyridine rings is 1. The maximum atomic E-state index is 14.5. The van der Waals surface area contributed by atoms with E-state index in [0.29, 0.717) is 29.0 Å². The van der Waals surface area contributed by atoms with Gasteiger partial charge in [-0.05, 0) is 36.4 Å². The van der Waals surface area contributed by atoms with Crippen molar-refractivity contribution >= 4 is 11.8 Å². The number of rotatable bonds is 7. The zero-order valence-corrected chi connectivity index (χ0v) is 15.7. The first kappa shape index (κ1) is 18.2. The van der Waals surface area contributed by atoms with Crippen LogP contribution in [-0.2, 0) is 0 Å². The lowest BCUT2D eigenvalue weighted by molar-refractivity contribution is 0.344. The van der Waals surface area contributed by atoms with E-state index in [0.717, 1.165) is 11.3 Å². The third-order valence-electron chi connectivity index (χ3n) is 3.97. The van der Waals surface area contributed by atoms with Crippen LogP contribution in [0, 0.1) is 5.82 Å². The lowest BCUT2D eigenvalue weighted by Gasteiger charge is -2.11. The summed E-state index contributed by atoms with van der Waals surface area (Å²) in [5.74, 6) is 1.67. The third-order valence-corrected chi connectivity index (χ3v) is 4.87. The van der Waals surface area contributed by atoms with Gasteiger partial charge in [0, 0.05) is 23.7 Å². The summed E-state index contributed by atoms with van der Waals surface area (Å²) in [5, 5.41) is 9.16. The van der Waals surface area contributed by atoms with Crippen molar-refractivity contribution in [3.8, 4) is 22.8 Å². The van der Waals surface area contributed by atoms with E-state index in [2.05, 4.69) is 15.2 Å². The first-order valence-electron chi connectivity index (χ1n) is 8.74. The molecule has 0 radical (unpaired) electrons. The highest BCUT2D eigenvalue weighted by Crippen LogP contribution is 2.28. The summed E-state index contributed by atoms with van der Waals surface area (Å²) >= 11 is 1.46. The van der Waals surface area contributed by atoms with Crippen LogP contribution >= 0.6 is 11.8 Å². The van der Waals surface area contributed by atoms with E-state index in [9.17, 15) is 4.39 Å². The zero-order chi connectivity index (χ0) is 19.2. The number of hydrogen-bond donors (Lipinski definition) is 0. The maximum absolute atomic E-state index is 14.5. The van der Waals surface area contributed by atoms with Crippen molar-refractivity contribution in [3.05, 3.63) is 84.9 Å². The van der Waals surface area contributed by atoms with Crippen molar-refractivity contribution < 1.29 is 9.13 Å². The molecule has 2 aromatic carbocycles. The van der Waals surface area contributed by atoms with Crippen LogP contribution in [0.25, 0.3) is 17.1 Å². The van der Waals surface area contributed by atoms with E-state index in [1.54, 1.807) is 35.2 Å². The quantitative estimate of drug-likeness (QED) is 0.339. The molecule has 0 fully saturated rings. The smallest absolute Gasteiger partial charge is 0.196 e. The Kier molecular flexibility index (Phi) is 5.63. The predicted molar refractivity (Wildman–Crippen MR) is 107 cm³/mol. The fourth-order valence-electron chi connectivity index (χ4n) is 2.70. The first-order valence-corrected chi connectivity index (χ1v) is 9.73. The van der Waals surface area contributed by atoms with Gasteiger partial charge in [-0.2, -0.15) is 0 Å². The van der Waals surface area contributed by atoms with Crippen molar-refractivity contribution in [2.75, 3.05) is 12.4 Å². The topological polar surface area (TPSA) is 52.8 Å². The van der Waals surface area contributed by atoms with Gasteiger partial charge in [-0.15, -0.1) is 10.2 Å². The minimum atomic E-state index is -0.338. The van der Waals surface area contributed by atoms with Crippen LogP contribution in [-0.4, -0.2) is 32.1 Å². The molecule has 0 aliphatic heterocycles. The summed E-state index contributed by atoms with van der Waals surface area (Å²) in [6, 6.07) is 19.9. The van der Waals surface area contributed by atoms with E-state index in [1.807, 2.05) is 42.5 Å². The molecule has 0 N–H and O–H groups in total. The van der Waals surface area contributed by atoms with E-state index in [1.165, 1.54) is 17.8 Å². The Hall–Kier alpha value is -3.19. The Morgan fingerprint density at radius 1 is 0.929 bits per heavy atom. The number of ether oxygens (including phenoxy) is 1. The number of aromatic nitrogens is 4. The molecule has 0 spiro atoms. The van der Waals surface area contributed by atoms with Gasteiger partial charge in [0.25, 0.3) is 0 Å². The van der Waals surface area contributed by atoms with Crippen molar-refractivity contribution in [3.63, 3.8) is 0 Å². The van der Waals surface area contributed by atoms with Gasteiger partial charge in [-0.3, -0.25) is 9.55 Å². The number of nitrogens with zero attached hydrogens (tertiary/aromatic N) is 4. The summed E-state index contributed by atoms with van der Waals surface area (Å²) in [5.41, 5.74) is 1.17. The number of para-hydroxylation sites is 2. The predicted octanol–water partition coefficient (Wildman–Crippen LogP) is 4.64. The Morgan fingerprint density at radius 2 is 1.75 bits per heavy atom. The molecule has 0 bridgehead atoms. The van der Waals surface area contributed by atoms with Crippen LogP contribution in [0.3, 0.4) is 0 Å². The van der Waals surface area contributed by atoms with E-state index in [4.69, 9.17) is 4.74 Å². The van der Waals surface area contributed by atoms with Crippen LogP contribution in [0.15, 0.2) is 84.3 Å². The van der Waals surface area contributed by atoms with Crippen molar-refractivity contribution in [2.45, 2.75) is 5.16 Å². The van der Waals surface area contributed by atoms with Gasteiger partial charge >= 0.3 is 0 Å². The van der Waals surface area contributed by atoms with Crippen molar-refractivity contribution in [2.24, 2.45) is 0 Å². The molecule has 0 aliphatic carbocycles. The normalized spacial score (nSPS) is 10.8. The van der Waals surface area contributed by atoms with Gasteiger partial charge in [0.1, 0.15) is 11.6 Å². The fraction of sp³-hybridized carbons (Fsp3) is 0.0952. The third kappa shape index (κ3) is 4.04. The molecule has 28 heavy (non-hydrogen) atoms. The highest BCUT2D eigenvalue weighted by Gasteiger charge is 2.18. The van der Waals surface area contributed by atoms with Crippen molar-refractivity contribution in [1.82, 2.24) is 19.7 Å². The van der Waals surface area contributed by atoms with Gasteiger partial charge in [0.15, 0.2) is 11.0 Å². The molecule has 0 atom stereocenters. The number of halogens is 1. The molecular weight excluding hydrogens is 375 g/mol. The van der Waals surface area contributed by atoms with Gasteiger partial charge in [0.05, 0.1) is 12.3 Å². The highest BCUT2D eigenvalue weighted by molar-refractivity contribution is 7.99. The first-order chi connectivity index (χ1) is 13.8. The van der Waals surface area contributed by atoms with Crippen LogP contribution in [0.2, 0.25) is 0 Å². The van der Waals surface area contributed by atoms with Gasteiger partial charge in [-0.1, -0.05) is 42.1 Å². The molecule has 0 aliphatic rings. The molecule has 2 aromatic heterocycles. The van der Waals surface area contributed by atoms with Crippen molar-refractivity contribution in [1.29, 1.82) is 0 Å². The second-order valence-electron chi connectivity index (χ2n) is 5.84. The summed E-state index contributed by atoms with van der Waals surface area (Å²) in [6.45, 7) is 0.501. The standard InChI is InChI=1S/C21H17FN4OS/c22-18-10-4-5-11-19(18)26-20(16-7-6-12-23-15-16)24-25-21(26)28-14-13-27-17-8-2-1-3-9-17/h1-12,15H,13-14H2. The molecule has 2 heterocycles. The molecule has 4 aromatic rings. The monoisotopic (exact) mass is 392 g/mol. The Bertz CT molecular complexity index is 1040. The average molecular weight is 392 g/mol. The molecule has 0 saturated carbocycles. The average Bonchev–Trinajstić information content (AvgIpc) is 3.16. The zero-order valence-electron chi connectivity index (χ0n) is 14.9. The fourth-order valence-corrected chi connectivity index (χ4v) is 3.47. The molecule has 7 heteroatoms. The number of benzene rings is 2. The number of hydrogen-bond acceptors (Lipinski definition) is 5. The van der Waals surface area contributed by atoms with Gasteiger partial charge in [0.2, 0.25) is 0 Å². The van der Waals surface area contributed by atoms with Crippen LogP contribution in [0.1, 0.15) is 0 Å². The molecule has 0 amide bonds. The maximum Gasteiger partial charge on any atom is 0.196 e. The Balaban J connectivity index is 1.59. The summed E-state index contributed by atoms with van der Waals surface area (Å²) in [7, 11) is 0. The van der Waals surface area contributed by atoms with E-state index < -0.39 is 0 Å². The molecule has 5 nitrogen and oxygen atoms in total. The minimum absolute atomic E-state index is 0.338. The second kappa shape index (κ2) is 8.67. The molecule has 0 unspecified atom stereocenters. The lowest BCUT2D eigenvalue weighted by Crippen LogP contribution is -2.05. The van der Waals surface area contributed by atoms with Crippen LogP contribution < -0.4 is 4.74 Å². The number of thioether (sulfide) groups is 1. The van der Waals surface area contributed by atoms with Gasteiger partial charge in [-0.25, -0.2) is 4.39 Å². The summed E-state index contributed by atoms with van der Waals surface area (Å²) in [4.78, 5) is 4.13. The van der Waals surface area contributed by atoms with E-state index in [-0.39, 0.29) is 5.82 Å². The lowest BCUT2D eigenvalue weighted by atomic mass is 10.2. The molecule has 4 rings (SSSR count). The highest BCUT2D eigenvalue weighted by atomic mass is 32.2. The summed E-state index contributed by atoms with van der Waals surface area (Å²) in [6.07, 6.45) is 3.37. The van der Waals surface area contributed by atoms with Crippen LogP contribution in [0.5, 0.6) is 5.75 Å². The second-order valence-corrected chi connectivity index (χ2v) is 6.91. The SMILES string of the molecule is Fc1ccccc1-n1c(SCCOc2ccccc2)nnc1-c1cccnc1. The minimum Gasteiger partial charge on any atom is -0.493 e. The van der Waals surface area contributed by atoms with Gasteiger partial charge < -0.3 is 4.74 Å². The van der Waals surface area contributed by atoms with E-state index >= 15 is 0 Å². The Labute approximate surface area is 166 Å². The molecule has 0 saturated heterocycles. The molecule has 140 valence electrons. The molecular formula is C21H17FN4OS. The Morgan fingerprint density at radius 3 is 2.54 bits per heavy atom. The largest absolute Gasteiger partial charge is 0.493 e. The summed E-state index contributed by atoms with van der Waals surface area (Å²) < 4.78 is 22.0.